The number of amides is 1. The van der Waals surface area contributed by atoms with Crippen LogP contribution in [0.15, 0.2) is 54.6 Å². The smallest absolute Gasteiger partial charge is 0.337 e. The van der Waals surface area contributed by atoms with Gasteiger partial charge in [0.15, 0.2) is 11.5 Å². The quantitative estimate of drug-likeness (QED) is 0.481. The molecule has 0 aromatic heterocycles. The minimum atomic E-state index is -1.10. The second kappa shape index (κ2) is 13.3. The van der Waals surface area contributed by atoms with Gasteiger partial charge in [-0.2, -0.15) is 0 Å². The van der Waals surface area contributed by atoms with Gasteiger partial charge in [0.1, 0.15) is 6.61 Å². The van der Waals surface area contributed by atoms with Crippen molar-refractivity contribution in [2.75, 3.05) is 19.0 Å². The first-order valence-electron chi connectivity index (χ1n) is 10.1. The number of anilines is 1. The number of methoxy groups -OCH3 is 1. The van der Waals surface area contributed by atoms with Crippen LogP contribution in [0.1, 0.15) is 42.3 Å². The van der Waals surface area contributed by atoms with Crippen molar-refractivity contribution in [2.24, 2.45) is 0 Å². The molecule has 6 heteroatoms. The van der Waals surface area contributed by atoms with Crippen LogP contribution >= 0.6 is 0 Å². The third-order valence-corrected chi connectivity index (χ3v) is 4.14. The molecule has 0 radical (unpaired) electrons. The van der Waals surface area contributed by atoms with Crippen molar-refractivity contribution >= 4 is 23.6 Å². The Balaban J connectivity index is 0.000000944. The van der Waals surface area contributed by atoms with E-state index in [0.717, 1.165) is 11.1 Å². The van der Waals surface area contributed by atoms with Crippen LogP contribution in [0.25, 0.3) is 6.08 Å². The molecule has 0 spiro atoms. The van der Waals surface area contributed by atoms with Gasteiger partial charge in [-0.05, 0) is 48.4 Å². The lowest BCUT2D eigenvalue weighted by Gasteiger charge is -2.11. The number of hydrogen-bond acceptors (Lipinski definition) is 4. The molecule has 6 nitrogen and oxygen atoms in total. The predicted octanol–water partition coefficient (Wildman–Crippen LogP) is 5.20. The van der Waals surface area contributed by atoms with E-state index in [1.807, 2.05) is 26.8 Å². The van der Waals surface area contributed by atoms with Crippen molar-refractivity contribution < 1.29 is 24.2 Å². The van der Waals surface area contributed by atoms with Crippen molar-refractivity contribution in [3.05, 3.63) is 71.3 Å². The lowest BCUT2D eigenvalue weighted by atomic mass is 10.1. The Bertz CT molecular complexity index is 1030. The summed E-state index contributed by atoms with van der Waals surface area (Å²) in [7, 11) is 1.53. The van der Waals surface area contributed by atoms with E-state index in [4.69, 9.17) is 15.9 Å². The van der Waals surface area contributed by atoms with E-state index in [1.54, 1.807) is 36.4 Å². The number of fused-ring (bicyclic) bond motifs is 1. The average molecular weight is 436 g/mol. The third-order valence-electron chi connectivity index (χ3n) is 4.14. The van der Waals surface area contributed by atoms with Crippen LogP contribution in [-0.2, 0) is 11.2 Å². The SMILES string of the molecule is C#CCOc1cc2c(cc1OC)CC(C(=O)Nc1ccccc1C(=O)O)=C2.C=CC.CC. The molecule has 1 amide bonds. The Labute approximate surface area is 189 Å². The van der Waals surface area contributed by atoms with Crippen LogP contribution in [0, 0.1) is 12.3 Å². The summed E-state index contributed by atoms with van der Waals surface area (Å²) in [6, 6.07) is 9.85. The highest BCUT2D eigenvalue weighted by Crippen LogP contribution is 2.36. The van der Waals surface area contributed by atoms with Gasteiger partial charge < -0.3 is 19.9 Å². The van der Waals surface area contributed by atoms with Gasteiger partial charge in [0.2, 0.25) is 0 Å². The Morgan fingerprint density at radius 1 is 1.25 bits per heavy atom. The standard InChI is InChI=1S/C21H17NO5.C3H6.C2H6/c1-3-8-27-19-12-14-10-15(9-13(14)11-18(19)26-2)20(23)22-17-7-5-4-6-16(17)21(24)25;1-3-2;1-2/h1,4-7,10-12H,8-9H2,2H3,(H,22,23)(H,24,25);3H,1H2,2H3;1-2H3. The fourth-order valence-electron chi connectivity index (χ4n) is 2.87. The number of ether oxygens (including phenoxy) is 2. The van der Waals surface area contributed by atoms with Gasteiger partial charge >= 0.3 is 5.97 Å². The van der Waals surface area contributed by atoms with Crippen LogP contribution in [0.2, 0.25) is 0 Å². The van der Waals surface area contributed by atoms with Crippen molar-refractivity contribution in [2.45, 2.75) is 27.2 Å². The van der Waals surface area contributed by atoms with E-state index in [2.05, 4.69) is 17.8 Å². The van der Waals surface area contributed by atoms with Crippen molar-refractivity contribution in [1.82, 2.24) is 0 Å². The minimum absolute atomic E-state index is 0.0357. The molecule has 2 aromatic rings. The molecule has 0 aliphatic heterocycles. The first-order chi connectivity index (χ1) is 15.4. The number of carbonyl (C=O) groups is 2. The summed E-state index contributed by atoms with van der Waals surface area (Å²) in [5.74, 6) is 1.98. The number of hydrogen-bond donors (Lipinski definition) is 2. The number of carboxylic acids is 1. The molecule has 0 saturated heterocycles. The molecule has 2 aromatic carbocycles. The molecule has 1 aliphatic carbocycles. The van der Waals surface area contributed by atoms with E-state index in [1.165, 1.54) is 13.2 Å². The summed E-state index contributed by atoms with van der Waals surface area (Å²) >= 11 is 0. The molecule has 3 rings (SSSR count). The van der Waals surface area contributed by atoms with E-state index in [-0.39, 0.29) is 23.8 Å². The first-order valence-corrected chi connectivity index (χ1v) is 10.1. The van der Waals surface area contributed by atoms with Crippen molar-refractivity contribution in [3.63, 3.8) is 0 Å². The Kier molecular flexibility index (Phi) is 10.9. The van der Waals surface area contributed by atoms with Gasteiger partial charge in [-0.25, -0.2) is 4.79 Å². The molecular weight excluding hydrogens is 406 g/mol. The number of rotatable bonds is 6. The zero-order valence-corrected chi connectivity index (χ0v) is 18.9. The first kappa shape index (κ1) is 26.1. The highest BCUT2D eigenvalue weighted by atomic mass is 16.5. The maximum absolute atomic E-state index is 12.6. The van der Waals surface area contributed by atoms with Crippen LogP contribution in [0.5, 0.6) is 11.5 Å². The van der Waals surface area contributed by atoms with Crippen molar-refractivity contribution in [3.8, 4) is 23.8 Å². The summed E-state index contributed by atoms with van der Waals surface area (Å²) in [5, 5.41) is 11.9. The average Bonchev–Trinajstić information content (AvgIpc) is 3.22. The maximum atomic E-state index is 12.6. The highest BCUT2D eigenvalue weighted by molar-refractivity contribution is 6.10. The number of para-hydroxylation sites is 1. The van der Waals surface area contributed by atoms with Crippen LogP contribution in [0.3, 0.4) is 0 Å². The number of carboxylic acid groups (broad SMARTS) is 1. The van der Waals surface area contributed by atoms with Gasteiger partial charge in [0, 0.05) is 12.0 Å². The van der Waals surface area contributed by atoms with E-state index in [9.17, 15) is 14.7 Å². The fraction of sp³-hybridized carbons (Fsp3) is 0.231. The predicted molar refractivity (Wildman–Crippen MR) is 128 cm³/mol. The summed E-state index contributed by atoms with van der Waals surface area (Å²) in [4.78, 5) is 23.9. The Morgan fingerprint density at radius 3 is 2.50 bits per heavy atom. The molecular formula is C26H29NO5. The fourth-order valence-corrected chi connectivity index (χ4v) is 2.87. The topological polar surface area (TPSA) is 84.9 Å². The largest absolute Gasteiger partial charge is 0.493 e. The summed E-state index contributed by atoms with van der Waals surface area (Å²) < 4.78 is 10.8. The molecule has 0 fully saturated rings. The third kappa shape index (κ3) is 6.78. The number of benzene rings is 2. The molecule has 168 valence electrons. The second-order valence-electron chi connectivity index (χ2n) is 6.25. The van der Waals surface area contributed by atoms with E-state index in [0.29, 0.717) is 23.5 Å². The van der Waals surface area contributed by atoms with Gasteiger partial charge in [-0.3, -0.25) is 4.79 Å². The monoisotopic (exact) mass is 435 g/mol. The highest BCUT2D eigenvalue weighted by Gasteiger charge is 2.22. The molecule has 0 unspecified atom stereocenters. The number of aromatic carboxylic acids is 1. The van der Waals surface area contributed by atoms with E-state index < -0.39 is 5.97 Å². The molecule has 1 aliphatic rings. The van der Waals surface area contributed by atoms with Crippen molar-refractivity contribution in [1.29, 1.82) is 0 Å². The van der Waals surface area contributed by atoms with Gasteiger partial charge in [0.05, 0.1) is 18.4 Å². The lowest BCUT2D eigenvalue weighted by molar-refractivity contribution is -0.112. The Morgan fingerprint density at radius 2 is 1.91 bits per heavy atom. The lowest BCUT2D eigenvalue weighted by Crippen LogP contribution is -2.16. The second-order valence-corrected chi connectivity index (χ2v) is 6.25. The molecule has 2 N–H and O–H groups in total. The number of carbonyl (C=O) groups excluding carboxylic acids is 1. The van der Waals surface area contributed by atoms with E-state index >= 15 is 0 Å². The van der Waals surface area contributed by atoms with Crippen LogP contribution in [-0.4, -0.2) is 30.7 Å². The number of nitrogens with one attached hydrogen (secondary N) is 1. The van der Waals surface area contributed by atoms with Gasteiger partial charge in [0.25, 0.3) is 5.91 Å². The molecule has 0 saturated carbocycles. The summed E-state index contributed by atoms with van der Waals surface area (Å²) in [6.45, 7) is 9.36. The normalized spacial score (nSPS) is 10.5. The zero-order chi connectivity index (χ0) is 24.1. The maximum Gasteiger partial charge on any atom is 0.337 e. The number of allylic oxidation sites excluding steroid dienone is 1. The summed E-state index contributed by atoms with van der Waals surface area (Å²) in [6.07, 6.45) is 9.13. The van der Waals surface area contributed by atoms with Crippen LogP contribution in [0.4, 0.5) is 5.69 Å². The molecule has 0 atom stereocenters. The van der Waals surface area contributed by atoms with Gasteiger partial charge in [-0.1, -0.05) is 38.0 Å². The van der Waals surface area contributed by atoms with Crippen LogP contribution < -0.4 is 14.8 Å². The Hall–Kier alpha value is -3.98. The molecule has 0 bridgehead atoms. The molecule has 0 heterocycles. The van der Waals surface area contributed by atoms with Gasteiger partial charge in [-0.15, -0.1) is 13.0 Å². The number of terminal acetylenes is 1. The zero-order valence-electron chi connectivity index (χ0n) is 18.9. The minimum Gasteiger partial charge on any atom is -0.493 e. The molecule has 32 heavy (non-hydrogen) atoms. The summed E-state index contributed by atoms with van der Waals surface area (Å²) in [5.41, 5.74) is 2.55.